The second-order valence-electron chi connectivity index (χ2n) is 3.38. The van der Waals surface area contributed by atoms with Gasteiger partial charge in [0.05, 0.1) is 6.10 Å². The van der Waals surface area contributed by atoms with Crippen LogP contribution in [0.5, 0.6) is 0 Å². The lowest BCUT2D eigenvalue weighted by Gasteiger charge is -2.22. The fourth-order valence-corrected chi connectivity index (χ4v) is 1.61. The summed E-state index contributed by atoms with van der Waals surface area (Å²) < 4.78 is 0. The first kappa shape index (κ1) is 8.79. The zero-order valence-corrected chi connectivity index (χ0v) is 7.29. The van der Waals surface area contributed by atoms with Crippen molar-refractivity contribution in [2.24, 2.45) is 5.92 Å². The number of aliphatic hydroxyl groups is 1. The van der Waals surface area contributed by atoms with Gasteiger partial charge in [-0.3, -0.25) is 0 Å². The fourth-order valence-electron chi connectivity index (χ4n) is 1.61. The Morgan fingerprint density at radius 3 is 3.00 bits per heavy atom. The molecule has 0 spiro atoms. The summed E-state index contributed by atoms with van der Waals surface area (Å²) >= 11 is 0. The van der Waals surface area contributed by atoms with Gasteiger partial charge >= 0.3 is 0 Å². The molecule has 1 N–H and O–H groups in total. The van der Waals surface area contributed by atoms with E-state index in [4.69, 9.17) is 0 Å². The average Bonchev–Trinajstić information content (AvgIpc) is 2.03. The Kier molecular flexibility index (Phi) is 3.64. The molecule has 0 aromatic rings. The average molecular weight is 154 g/mol. The third-order valence-electron chi connectivity index (χ3n) is 2.40. The van der Waals surface area contributed by atoms with Gasteiger partial charge in [-0.25, -0.2) is 0 Å². The molecule has 1 aliphatic rings. The van der Waals surface area contributed by atoms with Crippen molar-refractivity contribution in [2.75, 3.05) is 0 Å². The van der Waals surface area contributed by atoms with E-state index in [1.165, 1.54) is 12.8 Å². The van der Waals surface area contributed by atoms with Crippen molar-refractivity contribution in [2.45, 2.75) is 45.1 Å². The van der Waals surface area contributed by atoms with Gasteiger partial charge in [-0.05, 0) is 19.3 Å². The predicted octanol–water partition coefficient (Wildman–Crippen LogP) is 2.50. The molecule has 1 aliphatic carbocycles. The van der Waals surface area contributed by atoms with Crippen LogP contribution < -0.4 is 0 Å². The third-order valence-corrected chi connectivity index (χ3v) is 2.40. The minimum Gasteiger partial charge on any atom is -0.393 e. The van der Waals surface area contributed by atoms with Gasteiger partial charge in [-0.1, -0.05) is 31.9 Å². The van der Waals surface area contributed by atoms with E-state index < -0.39 is 0 Å². The molecule has 0 saturated heterocycles. The van der Waals surface area contributed by atoms with Gasteiger partial charge in [0.2, 0.25) is 0 Å². The van der Waals surface area contributed by atoms with Crippen LogP contribution in [-0.2, 0) is 0 Å². The summed E-state index contributed by atoms with van der Waals surface area (Å²) in [6, 6.07) is 0. The highest BCUT2D eigenvalue weighted by molar-refractivity contribution is 4.96. The summed E-state index contributed by atoms with van der Waals surface area (Å²) in [5.74, 6) is 0.448. The van der Waals surface area contributed by atoms with E-state index in [0.29, 0.717) is 5.92 Å². The molecule has 0 saturated carbocycles. The molecule has 11 heavy (non-hydrogen) atoms. The summed E-state index contributed by atoms with van der Waals surface area (Å²) in [7, 11) is 0. The van der Waals surface area contributed by atoms with Crippen molar-refractivity contribution < 1.29 is 5.11 Å². The Hall–Kier alpha value is -0.300. The maximum atomic E-state index is 9.54. The molecule has 0 unspecified atom stereocenters. The van der Waals surface area contributed by atoms with Crippen LogP contribution in [0.15, 0.2) is 12.2 Å². The van der Waals surface area contributed by atoms with Crippen molar-refractivity contribution in [1.29, 1.82) is 0 Å². The number of hydrogen-bond acceptors (Lipinski definition) is 1. The van der Waals surface area contributed by atoms with Crippen molar-refractivity contribution in [3.63, 3.8) is 0 Å². The van der Waals surface area contributed by atoms with Crippen molar-refractivity contribution in [1.82, 2.24) is 0 Å². The number of allylic oxidation sites excluding steroid dienone is 1. The highest BCUT2D eigenvalue weighted by atomic mass is 16.3. The van der Waals surface area contributed by atoms with Crippen LogP contribution in [0.3, 0.4) is 0 Å². The highest BCUT2D eigenvalue weighted by Gasteiger charge is 2.17. The van der Waals surface area contributed by atoms with E-state index in [1.807, 2.05) is 0 Å². The van der Waals surface area contributed by atoms with E-state index >= 15 is 0 Å². The van der Waals surface area contributed by atoms with Gasteiger partial charge in [0.15, 0.2) is 0 Å². The predicted molar refractivity (Wildman–Crippen MR) is 47.4 cm³/mol. The molecule has 0 heterocycles. The molecular formula is C10H18O. The molecule has 0 aromatic carbocycles. The second kappa shape index (κ2) is 4.55. The Balaban J connectivity index is 2.29. The molecule has 1 heteroatoms. The van der Waals surface area contributed by atoms with E-state index in [0.717, 1.165) is 19.3 Å². The molecule has 0 aromatic heterocycles. The largest absolute Gasteiger partial charge is 0.393 e. The molecule has 0 radical (unpaired) electrons. The summed E-state index contributed by atoms with van der Waals surface area (Å²) in [5.41, 5.74) is 0. The number of hydrogen-bond donors (Lipinski definition) is 1. The van der Waals surface area contributed by atoms with Crippen LogP contribution in [-0.4, -0.2) is 11.2 Å². The highest BCUT2D eigenvalue weighted by Crippen LogP contribution is 2.22. The molecule has 0 fully saturated rings. The summed E-state index contributed by atoms with van der Waals surface area (Å²) in [4.78, 5) is 0. The number of unbranched alkanes of at least 4 members (excludes halogenated alkanes) is 1. The van der Waals surface area contributed by atoms with Gasteiger partial charge in [0.1, 0.15) is 0 Å². The van der Waals surface area contributed by atoms with Crippen LogP contribution in [0.2, 0.25) is 0 Å². The molecular weight excluding hydrogens is 136 g/mol. The molecule has 0 amide bonds. The summed E-state index contributed by atoms with van der Waals surface area (Å²) in [6.45, 7) is 2.19. The van der Waals surface area contributed by atoms with Gasteiger partial charge in [0, 0.05) is 5.92 Å². The van der Waals surface area contributed by atoms with Crippen LogP contribution >= 0.6 is 0 Å². The van der Waals surface area contributed by atoms with Crippen LogP contribution in [0.1, 0.15) is 39.0 Å². The van der Waals surface area contributed by atoms with Crippen LogP contribution in [0, 0.1) is 5.92 Å². The first-order valence-corrected chi connectivity index (χ1v) is 4.69. The fraction of sp³-hybridized carbons (Fsp3) is 0.800. The standard InChI is InChI=1S/C10H18O/c1-2-3-6-9-7-4-5-8-10(9)11/h4,7,9-11H,2-3,5-6,8H2,1H3/t9-,10+/m1/s1. The van der Waals surface area contributed by atoms with Crippen LogP contribution in [0.25, 0.3) is 0 Å². The molecule has 1 nitrogen and oxygen atoms in total. The molecule has 0 bridgehead atoms. The van der Waals surface area contributed by atoms with Gasteiger partial charge in [-0.2, -0.15) is 0 Å². The minimum absolute atomic E-state index is 0.0634. The first-order chi connectivity index (χ1) is 5.34. The number of aliphatic hydroxyl groups excluding tert-OH is 1. The van der Waals surface area contributed by atoms with E-state index in [-0.39, 0.29) is 6.10 Å². The smallest absolute Gasteiger partial charge is 0.0605 e. The van der Waals surface area contributed by atoms with E-state index in [1.54, 1.807) is 0 Å². The summed E-state index contributed by atoms with van der Waals surface area (Å²) in [5, 5.41) is 9.54. The zero-order chi connectivity index (χ0) is 8.10. The SMILES string of the molecule is CCCC[C@@H]1C=CCC[C@@H]1O. The Bertz CT molecular complexity index is 129. The topological polar surface area (TPSA) is 20.2 Å². The zero-order valence-electron chi connectivity index (χ0n) is 7.29. The molecule has 1 rings (SSSR count). The van der Waals surface area contributed by atoms with Gasteiger partial charge in [0.25, 0.3) is 0 Å². The minimum atomic E-state index is -0.0634. The van der Waals surface area contributed by atoms with E-state index in [2.05, 4.69) is 19.1 Å². The van der Waals surface area contributed by atoms with Gasteiger partial charge < -0.3 is 5.11 Å². The monoisotopic (exact) mass is 154 g/mol. The maximum Gasteiger partial charge on any atom is 0.0605 e. The van der Waals surface area contributed by atoms with Crippen LogP contribution in [0.4, 0.5) is 0 Å². The molecule has 2 atom stereocenters. The normalized spacial score (nSPS) is 30.7. The lowest BCUT2D eigenvalue weighted by molar-refractivity contribution is 0.111. The lowest BCUT2D eigenvalue weighted by Crippen LogP contribution is -2.20. The quantitative estimate of drug-likeness (QED) is 0.619. The first-order valence-electron chi connectivity index (χ1n) is 4.69. The number of rotatable bonds is 3. The second-order valence-corrected chi connectivity index (χ2v) is 3.38. The Labute approximate surface area is 69.1 Å². The molecule has 0 aliphatic heterocycles. The van der Waals surface area contributed by atoms with E-state index in [9.17, 15) is 5.11 Å². The van der Waals surface area contributed by atoms with Crippen molar-refractivity contribution in [3.8, 4) is 0 Å². The lowest BCUT2D eigenvalue weighted by atomic mass is 9.89. The van der Waals surface area contributed by atoms with Gasteiger partial charge in [-0.15, -0.1) is 0 Å². The Morgan fingerprint density at radius 1 is 1.55 bits per heavy atom. The Morgan fingerprint density at radius 2 is 2.36 bits per heavy atom. The molecule has 64 valence electrons. The van der Waals surface area contributed by atoms with Crippen molar-refractivity contribution >= 4 is 0 Å². The third kappa shape index (κ3) is 2.66. The summed E-state index contributed by atoms with van der Waals surface area (Å²) in [6.07, 6.45) is 9.98. The maximum absolute atomic E-state index is 9.54. The van der Waals surface area contributed by atoms with Crippen molar-refractivity contribution in [3.05, 3.63) is 12.2 Å².